The average Bonchev–Trinajstić information content (AvgIpc) is 2.66. The molecule has 9 heteroatoms. The van der Waals surface area contributed by atoms with Crippen LogP contribution in [0.1, 0.15) is 10.4 Å². The maximum atomic E-state index is 13.5. The summed E-state index contributed by atoms with van der Waals surface area (Å²) >= 11 is 0. The molecule has 0 aliphatic carbocycles. The van der Waals surface area contributed by atoms with Gasteiger partial charge in [-0.3, -0.25) is 4.79 Å². The summed E-state index contributed by atoms with van der Waals surface area (Å²) < 4.78 is 31.7. The molecule has 0 bridgehead atoms. The second kappa shape index (κ2) is 8.52. The van der Waals surface area contributed by atoms with Crippen LogP contribution in [0.5, 0.6) is 0 Å². The predicted octanol–water partition coefficient (Wildman–Crippen LogP) is 1.43. The highest BCUT2D eigenvalue weighted by molar-refractivity contribution is 5.94. The van der Waals surface area contributed by atoms with Crippen LogP contribution in [0.25, 0.3) is 0 Å². The molecule has 7 nitrogen and oxygen atoms in total. The topological polar surface area (TPSA) is 79.4 Å². The summed E-state index contributed by atoms with van der Waals surface area (Å²) in [6.45, 7) is 3.58. The van der Waals surface area contributed by atoms with Gasteiger partial charge in [-0.25, -0.2) is 8.78 Å². The zero-order valence-electron chi connectivity index (χ0n) is 14.0. The first-order chi connectivity index (χ1) is 12.6. The van der Waals surface area contributed by atoms with Crippen LogP contribution in [-0.4, -0.2) is 55.5 Å². The number of anilines is 2. The van der Waals surface area contributed by atoms with Crippen LogP contribution in [0.2, 0.25) is 0 Å². The minimum atomic E-state index is -0.889. The van der Waals surface area contributed by atoms with Crippen molar-refractivity contribution >= 4 is 17.4 Å². The molecule has 3 rings (SSSR count). The Kier molecular flexibility index (Phi) is 5.90. The van der Waals surface area contributed by atoms with E-state index in [2.05, 4.69) is 25.7 Å². The number of halogens is 2. The molecule has 0 radical (unpaired) electrons. The van der Waals surface area contributed by atoms with Crippen LogP contribution < -0.4 is 15.5 Å². The lowest BCUT2D eigenvalue weighted by Crippen LogP contribution is -2.36. The van der Waals surface area contributed by atoms with Gasteiger partial charge in [0.1, 0.15) is 11.6 Å². The van der Waals surface area contributed by atoms with E-state index in [9.17, 15) is 13.6 Å². The highest BCUT2D eigenvalue weighted by Gasteiger charge is 2.13. The first-order valence-corrected chi connectivity index (χ1v) is 8.26. The number of morpholine rings is 1. The summed E-state index contributed by atoms with van der Waals surface area (Å²) in [5, 5.41) is 13.6. The zero-order valence-corrected chi connectivity index (χ0v) is 14.0. The Morgan fingerprint density at radius 2 is 2.00 bits per heavy atom. The van der Waals surface area contributed by atoms with Gasteiger partial charge in [0.25, 0.3) is 5.91 Å². The number of hydrogen-bond acceptors (Lipinski definition) is 6. The fourth-order valence-electron chi connectivity index (χ4n) is 2.57. The van der Waals surface area contributed by atoms with Crippen molar-refractivity contribution in [1.29, 1.82) is 0 Å². The summed E-state index contributed by atoms with van der Waals surface area (Å²) in [6, 6.07) is 4.72. The fourth-order valence-corrected chi connectivity index (χ4v) is 2.57. The third kappa shape index (κ3) is 4.63. The fraction of sp³-hybridized carbons (Fsp3) is 0.353. The molecule has 138 valence electrons. The molecule has 1 fully saturated rings. The van der Waals surface area contributed by atoms with Crippen LogP contribution >= 0.6 is 0 Å². The summed E-state index contributed by atoms with van der Waals surface area (Å²) in [7, 11) is 0. The molecule has 1 aliphatic rings. The van der Waals surface area contributed by atoms with Crippen molar-refractivity contribution in [2.45, 2.75) is 0 Å². The molecule has 1 amide bonds. The maximum Gasteiger partial charge on any atom is 0.254 e. The van der Waals surface area contributed by atoms with Gasteiger partial charge in [0.2, 0.25) is 0 Å². The Bertz CT molecular complexity index is 769. The number of nitrogens with zero attached hydrogens (tertiary/aromatic N) is 3. The number of amides is 1. The number of ether oxygens (including phenoxy) is 1. The first-order valence-electron chi connectivity index (χ1n) is 8.26. The van der Waals surface area contributed by atoms with Gasteiger partial charge in [-0.05, 0) is 12.1 Å². The van der Waals surface area contributed by atoms with E-state index < -0.39 is 17.5 Å². The predicted molar refractivity (Wildman–Crippen MR) is 92.2 cm³/mol. The quantitative estimate of drug-likeness (QED) is 0.756. The van der Waals surface area contributed by atoms with Gasteiger partial charge in [0.15, 0.2) is 5.82 Å². The number of nitrogens with one attached hydrogen (secondary N) is 2. The first kappa shape index (κ1) is 18.0. The minimum absolute atomic E-state index is 0.194. The number of carbonyl (C=O) groups excluding carboxylic acids is 1. The molecule has 0 saturated carbocycles. The molecular formula is C17H19F2N5O2. The van der Waals surface area contributed by atoms with Crippen molar-refractivity contribution in [3.63, 3.8) is 0 Å². The van der Waals surface area contributed by atoms with Crippen LogP contribution in [0.15, 0.2) is 30.5 Å². The summed E-state index contributed by atoms with van der Waals surface area (Å²) in [5.74, 6) is -1.63. The number of aromatic nitrogens is 2. The van der Waals surface area contributed by atoms with Crippen LogP contribution in [-0.2, 0) is 4.74 Å². The zero-order chi connectivity index (χ0) is 18.4. The molecule has 1 aromatic heterocycles. The molecule has 0 unspecified atom stereocenters. The molecule has 0 atom stereocenters. The molecule has 2 heterocycles. The number of rotatable bonds is 6. The van der Waals surface area contributed by atoms with E-state index in [4.69, 9.17) is 4.74 Å². The largest absolute Gasteiger partial charge is 0.378 e. The number of hydrogen-bond donors (Lipinski definition) is 2. The lowest BCUT2D eigenvalue weighted by molar-refractivity contribution is 0.0951. The summed E-state index contributed by atoms with van der Waals surface area (Å²) in [6.07, 6.45) is 1.69. The molecule has 2 N–H and O–H groups in total. The molecule has 1 saturated heterocycles. The van der Waals surface area contributed by atoms with E-state index in [0.29, 0.717) is 31.6 Å². The second-order valence-corrected chi connectivity index (χ2v) is 5.71. The molecule has 0 spiro atoms. The van der Waals surface area contributed by atoms with Crippen molar-refractivity contribution in [1.82, 2.24) is 15.5 Å². The van der Waals surface area contributed by atoms with Gasteiger partial charge in [-0.2, -0.15) is 5.10 Å². The highest BCUT2D eigenvalue weighted by atomic mass is 19.1. The van der Waals surface area contributed by atoms with Crippen molar-refractivity contribution in [2.75, 3.05) is 49.6 Å². The number of benzene rings is 1. The molecule has 26 heavy (non-hydrogen) atoms. The Balaban J connectivity index is 1.48. The van der Waals surface area contributed by atoms with Crippen LogP contribution in [0, 0.1) is 11.6 Å². The van der Waals surface area contributed by atoms with Gasteiger partial charge in [0.05, 0.1) is 30.7 Å². The van der Waals surface area contributed by atoms with E-state index in [0.717, 1.165) is 30.9 Å². The Morgan fingerprint density at radius 1 is 1.19 bits per heavy atom. The average molecular weight is 363 g/mol. The molecule has 2 aromatic rings. The Morgan fingerprint density at radius 3 is 2.77 bits per heavy atom. The Hall–Kier alpha value is -2.81. The molecular weight excluding hydrogens is 344 g/mol. The Labute approximate surface area is 149 Å². The van der Waals surface area contributed by atoms with Crippen molar-refractivity contribution in [3.8, 4) is 0 Å². The van der Waals surface area contributed by atoms with Crippen LogP contribution in [0.3, 0.4) is 0 Å². The van der Waals surface area contributed by atoms with Crippen molar-refractivity contribution < 1.29 is 18.3 Å². The van der Waals surface area contributed by atoms with Gasteiger partial charge >= 0.3 is 0 Å². The van der Waals surface area contributed by atoms with Gasteiger partial charge < -0.3 is 20.3 Å². The second-order valence-electron chi connectivity index (χ2n) is 5.71. The van der Waals surface area contributed by atoms with E-state index in [1.54, 1.807) is 6.20 Å². The van der Waals surface area contributed by atoms with Crippen molar-refractivity contribution in [2.24, 2.45) is 0 Å². The summed E-state index contributed by atoms with van der Waals surface area (Å²) in [4.78, 5) is 14.1. The van der Waals surface area contributed by atoms with E-state index >= 15 is 0 Å². The smallest absolute Gasteiger partial charge is 0.254 e. The van der Waals surface area contributed by atoms with Gasteiger partial charge in [0, 0.05) is 38.3 Å². The summed E-state index contributed by atoms with van der Waals surface area (Å²) in [5.41, 5.74) is 0.753. The lowest BCUT2D eigenvalue weighted by Gasteiger charge is -2.28. The van der Waals surface area contributed by atoms with E-state index in [1.165, 1.54) is 0 Å². The van der Waals surface area contributed by atoms with E-state index in [1.807, 2.05) is 6.07 Å². The van der Waals surface area contributed by atoms with Gasteiger partial charge in [-0.1, -0.05) is 0 Å². The van der Waals surface area contributed by atoms with E-state index in [-0.39, 0.29) is 12.1 Å². The lowest BCUT2D eigenvalue weighted by atomic mass is 10.2. The van der Waals surface area contributed by atoms with Crippen molar-refractivity contribution in [3.05, 3.63) is 47.7 Å². The minimum Gasteiger partial charge on any atom is -0.378 e. The SMILES string of the molecule is O=C(NCCNc1cc(N2CCOCC2)cnn1)c1ccc(F)cc1F. The molecule has 1 aliphatic heterocycles. The molecule has 1 aromatic carbocycles. The van der Waals surface area contributed by atoms with Gasteiger partial charge in [-0.15, -0.1) is 5.10 Å². The third-order valence-electron chi connectivity index (χ3n) is 3.91. The van der Waals surface area contributed by atoms with Crippen LogP contribution in [0.4, 0.5) is 20.3 Å². The standard InChI is InChI=1S/C17H19F2N5O2/c18-12-1-2-14(15(19)9-12)17(25)21-4-3-20-16-10-13(11-22-23-16)24-5-7-26-8-6-24/h1-2,9-11H,3-8H2,(H,20,23)(H,21,25). The highest BCUT2D eigenvalue weighted by Crippen LogP contribution is 2.16. The maximum absolute atomic E-state index is 13.5. The third-order valence-corrected chi connectivity index (χ3v) is 3.91. The number of carbonyl (C=O) groups is 1. The normalized spacial score (nSPS) is 14.2. The monoisotopic (exact) mass is 363 g/mol.